The molecule has 1 aromatic carbocycles. The van der Waals surface area contributed by atoms with Crippen molar-refractivity contribution in [2.75, 3.05) is 6.54 Å². The Kier molecular flexibility index (Phi) is 3.67. The Morgan fingerprint density at radius 3 is 2.78 bits per heavy atom. The summed E-state index contributed by atoms with van der Waals surface area (Å²) in [5.41, 5.74) is 1.62. The fraction of sp³-hybridized carbons (Fsp3) is 0.235. The van der Waals surface area contributed by atoms with E-state index in [0.717, 1.165) is 30.6 Å². The summed E-state index contributed by atoms with van der Waals surface area (Å²) in [6.45, 7) is 0.826. The highest BCUT2D eigenvalue weighted by Gasteiger charge is 2.31. The van der Waals surface area contributed by atoms with Crippen LogP contribution in [0.15, 0.2) is 54.4 Å². The second-order valence-electron chi connectivity index (χ2n) is 5.56. The van der Waals surface area contributed by atoms with Crippen LogP contribution in [0, 0.1) is 0 Å². The second kappa shape index (κ2) is 5.96. The average Bonchev–Trinajstić information content (AvgIpc) is 3.35. The monoisotopic (exact) mass is 324 g/mol. The molecule has 0 aliphatic carbocycles. The molecule has 0 N–H and O–H groups in total. The number of rotatable bonds is 3. The molecule has 116 valence electrons. The van der Waals surface area contributed by atoms with Gasteiger partial charge in [0, 0.05) is 17.0 Å². The molecule has 1 amide bonds. The minimum absolute atomic E-state index is 0.103. The summed E-state index contributed by atoms with van der Waals surface area (Å²) >= 11 is 1.72. The first-order valence-electron chi connectivity index (χ1n) is 7.62. The quantitative estimate of drug-likeness (QED) is 0.743. The lowest BCUT2D eigenvalue weighted by molar-refractivity contribution is 0.0738. The van der Waals surface area contributed by atoms with Gasteiger partial charge in [-0.05, 0) is 48.6 Å². The van der Waals surface area contributed by atoms with Gasteiger partial charge in [0.1, 0.15) is 12.7 Å². The SMILES string of the molecule is O=C(c1ccc(-n2cncn2)cc1)N1CCC[C@H]1c1cccs1. The van der Waals surface area contributed by atoms with Crippen LogP contribution in [-0.4, -0.2) is 32.1 Å². The van der Waals surface area contributed by atoms with E-state index in [1.54, 1.807) is 22.3 Å². The van der Waals surface area contributed by atoms with Gasteiger partial charge in [-0.1, -0.05) is 6.07 Å². The molecule has 2 aromatic heterocycles. The Labute approximate surface area is 138 Å². The van der Waals surface area contributed by atoms with Gasteiger partial charge in [0.15, 0.2) is 0 Å². The van der Waals surface area contributed by atoms with Gasteiger partial charge in [-0.15, -0.1) is 11.3 Å². The van der Waals surface area contributed by atoms with E-state index in [4.69, 9.17) is 0 Å². The third kappa shape index (κ3) is 2.66. The lowest BCUT2D eigenvalue weighted by Crippen LogP contribution is -2.30. The van der Waals surface area contributed by atoms with Crippen molar-refractivity contribution >= 4 is 17.2 Å². The van der Waals surface area contributed by atoms with Gasteiger partial charge in [0.05, 0.1) is 11.7 Å². The van der Waals surface area contributed by atoms with Crippen molar-refractivity contribution in [3.05, 3.63) is 64.9 Å². The Morgan fingerprint density at radius 2 is 2.09 bits per heavy atom. The fourth-order valence-corrected chi connectivity index (χ4v) is 3.92. The number of hydrogen-bond acceptors (Lipinski definition) is 4. The number of carbonyl (C=O) groups excluding carboxylic acids is 1. The molecule has 3 heterocycles. The van der Waals surface area contributed by atoms with Crippen molar-refractivity contribution in [2.45, 2.75) is 18.9 Å². The molecule has 5 nitrogen and oxygen atoms in total. The van der Waals surface area contributed by atoms with Gasteiger partial charge in [0.25, 0.3) is 5.91 Å². The van der Waals surface area contributed by atoms with Crippen LogP contribution in [0.25, 0.3) is 5.69 Å². The molecule has 0 radical (unpaired) electrons. The summed E-state index contributed by atoms with van der Waals surface area (Å²) in [5, 5.41) is 6.17. The molecular formula is C17H16N4OS. The molecule has 1 atom stereocenters. The fourth-order valence-electron chi connectivity index (χ4n) is 3.05. The molecule has 3 aromatic rings. The van der Waals surface area contributed by atoms with Crippen molar-refractivity contribution in [1.29, 1.82) is 0 Å². The van der Waals surface area contributed by atoms with Gasteiger partial charge in [-0.25, -0.2) is 9.67 Å². The van der Waals surface area contributed by atoms with E-state index in [9.17, 15) is 4.79 Å². The summed E-state index contributed by atoms with van der Waals surface area (Å²) in [4.78, 5) is 20.1. The Morgan fingerprint density at radius 1 is 1.22 bits per heavy atom. The zero-order valence-corrected chi connectivity index (χ0v) is 13.3. The first-order chi connectivity index (χ1) is 11.3. The van der Waals surface area contributed by atoms with Crippen LogP contribution in [0.5, 0.6) is 0 Å². The normalized spacial score (nSPS) is 17.6. The predicted molar refractivity (Wildman–Crippen MR) is 88.7 cm³/mol. The number of nitrogens with zero attached hydrogens (tertiary/aromatic N) is 4. The molecule has 4 rings (SSSR count). The zero-order chi connectivity index (χ0) is 15.6. The second-order valence-corrected chi connectivity index (χ2v) is 6.54. The maximum absolute atomic E-state index is 12.8. The summed E-state index contributed by atoms with van der Waals surface area (Å²) in [5.74, 6) is 0.103. The van der Waals surface area contributed by atoms with Gasteiger partial charge in [-0.2, -0.15) is 5.10 Å². The predicted octanol–water partition coefficient (Wildman–Crippen LogP) is 3.31. The van der Waals surface area contributed by atoms with E-state index in [-0.39, 0.29) is 11.9 Å². The van der Waals surface area contributed by atoms with Crippen molar-refractivity contribution < 1.29 is 4.79 Å². The summed E-state index contributed by atoms with van der Waals surface area (Å²) in [6.07, 6.45) is 5.24. The smallest absolute Gasteiger partial charge is 0.254 e. The van der Waals surface area contributed by atoms with Crippen LogP contribution in [-0.2, 0) is 0 Å². The molecule has 1 aliphatic heterocycles. The number of benzene rings is 1. The van der Waals surface area contributed by atoms with Crippen LogP contribution in [0.2, 0.25) is 0 Å². The molecule has 0 saturated carbocycles. The van der Waals surface area contributed by atoms with Crippen molar-refractivity contribution in [3.63, 3.8) is 0 Å². The topological polar surface area (TPSA) is 51.0 Å². The zero-order valence-electron chi connectivity index (χ0n) is 12.5. The summed E-state index contributed by atoms with van der Waals surface area (Å²) in [6, 6.07) is 11.9. The van der Waals surface area contributed by atoms with Crippen LogP contribution in [0.1, 0.15) is 34.1 Å². The Balaban J connectivity index is 1.56. The maximum atomic E-state index is 12.8. The van der Waals surface area contributed by atoms with Gasteiger partial charge >= 0.3 is 0 Å². The van der Waals surface area contributed by atoms with E-state index in [1.807, 2.05) is 35.2 Å². The van der Waals surface area contributed by atoms with E-state index in [2.05, 4.69) is 21.5 Å². The van der Waals surface area contributed by atoms with Crippen molar-refractivity contribution in [2.24, 2.45) is 0 Å². The summed E-state index contributed by atoms with van der Waals surface area (Å²) in [7, 11) is 0. The van der Waals surface area contributed by atoms with E-state index >= 15 is 0 Å². The molecule has 1 saturated heterocycles. The standard InChI is InChI=1S/C17H16N4OS/c22-17(20-9-1-3-15(20)16-4-2-10-23-16)13-5-7-14(8-6-13)21-12-18-11-19-21/h2,4-8,10-12,15H,1,3,9H2/t15-/m0/s1. The highest BCUT2D eigenvalue weighted by Crippen LogP contribution is 2.35. The maximum Gasteiger partial charge on any atom is 0.254 e. The van der Waals surface area contributed by atoms with Crippen molar-refractivity contribution in [3.8, 4) is 5.69 Å². The lowest BCUT2D eigenvalue weighted by Gasteiger charge is -2.24. The number of likely N-dealkylation sites (tertiary alicyclic amines) is 1. The molecule has 0 spiro atoms. The number of aromatic nitrogens is 3. The first kappa shape index (κ1) is 14.1. The molecule has 1 aliphatic rings. The lowest BCUT2D eigenvalue weighted by atomic mass is 10.1. The molecular weight excluding hydrogens is 308 g/mol. The highest BCUT2D eigenvalue weighted by molar-refractivity contribution is 7.10. The minimum atomic E-state index is 0.103. The van der Waals surface area contributed by atoms with Gasteiger partial charge in [-0.3, -0.25) is 4.79 Å². The number of amides is 1. The van der Waals surface area contributed by atoms with Crippen LogP contribution < -0.4 is 0 Å². The number of thiophene rings is 1. The largest absolute Gasteiger partial charge is 0.331 e. The Hall–Kier alpha value is -2.47. The van der Waals surface area contributed by atoms with Gasteiger partial charge in [0.2, 0.25) is 0 Å². The third-order valence-electron chi connectivity index (χ3n) is 4.18. The van der Waals surface area contributed by atoms with E-state index < -0.39 is 0 Å². The molecule has 23 heavy (non-hydrogen) atoms. The number of hydrogen-bond donors (Lipinski definition) is 0. The van der Waals surface area contributed by atoms with E-state index in [0.29, 0.717) is 0 Å². The molecule has 6 heteroatoms. The highest BCUT2D eigenvalue weighted by atomic mass is 32.1. The molecule has 1 fully saturated rings. The number of carbonyl (C=O) groups is 1. The molecule has 0 unspecified atom stereocenters. The minimum Gasteiger partial charge on any atom is -0.331 e. The van der Waals surface area contributed by atoms with Crippen LogP contribution in [0.3, 0.4) is 0 Å². The van der Waals surface area contributed by atoms with Crippen molar-refractivity contribution in [1.82, 2.24) is 19.7 Å². The van der Waals surface area contributed by atoms with E-state index in [1.165, 1.54) is 11.2 Å². The third-order valence-corrected chi connectivity index (χ3v) is 5.16. The molecule has 0 bridgehead atoms. The Bertz CT molecular complexity index is 781. The first-order valence-corrected chi connectivity index (χ1v) is 8.50. The summed E-state index contributed by atoms with van der Waals surface area (Å²) < 4.78 is 1.68. The van der Waals surface area contributed by atoms with Crippen LogP contribution in [0.4, 0.5) is 0 Å². The van der Waals surface area contributed by atoms with Crippen LogP contribution >= 0.6 is 11.3 Å². The van der Waals surface area contributed by atoms with Gasteiger partial charge < -0.3 is 4.90 Å². The average molecular weight is 324 g/mol.